The molecular formula is C22H25F3N2O3. The number of esters is 1. The highest BCUT2D eigenvalue weighted by molar-refractivity contribution is 5.84. The molecule has 30 heavy (non-hydrogen) atoms. The molecule has 2 aromatic rings. The second-order valence-corrected chi connectivity index (χ2v) is 7.47. The van der Waals surface area contributed by atoms with E-state index in [1.165, 1.54) is 26.0 Å². The number of aryl methyl sites for hydroxylation is 2. The van der Waals surface area contributed by atoms with E-state index in [4.69, 9.17) is 4.74 Å². The maximum absolute atomic E-state index is 14.6. The van der Waals surface area contributed by atoms with Crippen LogP contribution in [-0.4, -0.2) is 55.4 Å². The van der Waals surface area contributed by atoms with E-state index in [0.29, 0.717) is 13.1 Å². The number of aromatic hydroxyl groups is 1. The van der Waals surface area contributed by atoms with Crippen LogP contribution in [0, 0.1) is 13.8 Å². The number of ether oxygens (including phenoxy) is 1. The second-order valence-electron chi connectivity index (χ2n) is 7.47. The van der Waals surface area contributed by atoms with Gasteiger partial charge in [0.15, 0.2) is 0 Å². The van der Waals surface area contributed by atoms with E-state index in [1.807, 2.05) is 35.2 Å². The Morgan fingerprint density at radius 2 is 1.53 bits per heavy atom. The molecule has 1 atom stereocenters. The number of piperazine rings is 1. The van der Waals surface area contributed by atoms with Crippen LogP contribution in [0.3, 0.4) is 0 Å². The topological polar surface area (TPSA) is 53.0 Å². The summed E-state index contributed by atoms with van der Waals surface area (Å²) in [6, 6.07) is 11.9. The van der Waals surface area contributed by atoms with Crippen LogP contribution < -0.4 is 4.90 Å². The van der Waals surface area contributed by atoms with Crippen molar-refractivity contribution in [3.05, 3.63) is 59.2 Å². The minimum Gasteiger partial charge on any atom is -0.507 e. The Labute approximate surface area is 173 Å². The molecule has 0 spiro atoms. The van der Waals surface area contributed by atoms with Gasteiger partial charge in [-0.2, -0.15) is 13.2 Å². The predicted molar refractivity (Wildman–Crippen MR) is 108 cm³/mol. The lowest BCUT2D eigenvalue weighted by molar-refractivity contribution is -0.245. The molecule has 3 rings (SSSR count). The van der Waals surface area contributed by atoms with Gasteiger partial charge < -0.3 is 14.7 Å². The molecular weight excluding hydrogens is 397 g/mol. The summed E-state index contributed by atoms with van der Waals surface area (Å²) in [7, 11) is 0.961. The number of nitrogens with zero attached hydrogens (tertiary/aromatic N) is 2. The number of alkyl halides is 3. The largest absolute Gasteiger partial charge is 0.507 e. The van der Waals surface area contributed by atoms with Crippen molar-refractivity contribution in [3.8, 4) is 5.75 Å². The Bertz CT molecular complexity index is 887. The number of phenols is 1. The van der Waals surface area contributed by atoms with E-state index in [9.17, 15) is 23.1 Å². The molecule has 5 nitrogen and oxygen atoms in total. The number of benzene rings is 2. The first-order valence-electron chi connectivity index (χ1n) is 9.63. The van der Waals surface area contributed by atoms with Crippen LogP contribution in [0.1, 0.15) is 16.7 Å². The Kier molecular flexibility index (Phi) is 5.99. The van der Waals surface area contributed by atoms with Gasteiger partial charge in [-0.3, -0.25) is 4.90 Å². The van der Waals surface area contributed by atoms with E-state index in [0.717, 1.165) is 17.7 Å². The van der Waals surface area contributed by atoms with Gasteiger partial charge in [-0.25, -0.2) is 4.79 Å². The number of methoxy groups -OCH3 is 1. The highest BCUT2D eigenvalue weighted by Crippen LogP contribution is 2.47. The maximum Gasteiger partial charge on any atom is 0.421 e. The zero-order valence-electron chi connectivity index (χ0n) is 17.2. The monoisotopic (exact) mass is 422 g/mol. The average Bonchev–Trinajstić information content (AvgIpc) is 2.72. The molecule has 1 aliphatic rings. The fourth-order valence-electron chi connectivity index (χ4n) is 4.14. The Balaban J connectivity index is 2.06. The van der Waals surface area contributed by atoms with Crippen molar-refractivity contribution in [2.45, 2.75) is 25.6 Å². The summed E-state index contributed by atoms with van der Waals surface area (Å²) in [5, 5.41) is 10.0. The highest BCUT2D eigenvalue weighted by Gasteiger charge is 2.66. The van der Waals surface area contributed by atoms with Crippen molar-refractivity contribution in [3.63, 3.8) is 0 Å². The van der Waals surface area contributed by atoms with Crippen LogP contribution in [0.2, 0.25) is 0 Å². The summed E-state index contributed by atoms with van der Waals surface area (Å²) < 4.78 is 48.6. The van der Waals surface area contributed by atoms with Gasteiger partial charge in [0.25, 0.3) is 0 Å². The summed E-state index contributed by atoms with van der Waals surface area (Å²) in [4.78, 5) is 15.9. The summed E-state index contributed by atoms with van der Waals surface area (Å²) in [5.74, 6) is -1.47. The third-order valence-corrected chi connectivity index (χ3v) is 5.68. The molecule has 162 valence electrons. The number of para-hydroxylation sites is 1. The van der Waals surface area contributed by atoms with Crippen molar-refractivity contribution in [2.24, 2.45) is 0 Å². The fourth-order valence-corrected chi connectivity index (χ4v) is 4.14. The van der Waals surface area contributed by atoms with E-state index >= 15 is 0 Å². The summed E-state index contributed by atoms with van der Waals surface area (Å²) in [6.07, 6.45) is -4.93. The third kappa shape index (κ3) is 3.60. The van der Waals surface area contributed by atoms with E-state index in [1.54, 1.807) is 0 Å². The number of carbonyl (C=O) groups excluding carboxylic acids is 1. The molecule has 2 aromatic carbocycles. The van der Waals surface area contributed by atoms with E-state index in [2.05, 4.69) is 0 Å². The summed E-state index contributed by atoms with van der Waals surface area (Å²) >= 11 is 0. The van der Waals surface area contributed by atoms with Gasteiger partial charge in [0.2, 0.25) is 5.54 Å². The van der Waals surface area contributed by atoms with Crippen molar-refractivity contribution < 1.29 is 27.8 Å². The zero-order chi connectivity index (χ0) is 22.1. The van der Waals surface area contributed by atoms with E-state index < -0.39 is 17.7 Å². The van der Waals surface area contributed by atoms with Crippen LogP contribution in [0.4, 0.5) is 18.9 Å². The smallest absolute Gasteiger partial charge is 0.421 e. The second kappa shape index (κ2) is 8.18. The van der Waals surface area contributed by atoms with Crippen molar-refractivity contribution in [1.82, 2.24) is 4.90 Å². The van der Waals surface area contributed by atoms with E-state index in [-0.39, 0.29) is 35.5 Å². The normalized spacial score (nSPS) is 17.5. The average molecular weight is 422 g/mol. The summed E-state index contributed by atoms with van der Waals surface area (Å²) in [5.41, 5.74) is -1.74. The van der Waals surface area contributed by atoms with Gasteiger partial charge in [0, 0.05) is 31.9 Å². The molecule has 0 amide bonds. The Hall–Kier alpha value is -2.74. The number of phenolic OH excluding ortho intramolecular Hbond substituents is 1. The number of anilines is 1. The molecule has 0 saturated carbocycles. The first-order valence-corrected chi connectivity index (χ1v) is 9.63. The number of halogens is 3. The standard InChI is InChI=1S/C22H25F3N2O3/c1-15-13-17(14-16(2)19(15)28)21(20(29)30-3,22(23,24)25)27-11-9-26(10-12-27)18-7-5-4-6-8-18/h4-8,13-14,28H,9-12H2,1-3H3/t21-/m0/s1. The summed E-state index contributed by atoms with van der Waals surface area (Å²) in [6.45, 7) is 3.71. The first kappa shape index (κ1) is 22.0. The molecule has 0 aromatic heterocycles. The minimum absolute atomic E-state index is 0.0163. The molecule has 0 unspecified atom stereocenters. The Morgan fingerprint density at radius 3 is 2.00 bits per heavy atom. The van der Waals surface area contributed by atoms with Crippen LogP contribution in [0.25, 0.3) is 0 Å². The maximum atomic E-state index is 14.6. The molecule has 0 bridgehead atoms. The number of rotatable bonds is 4. The lowest BCUT2D eigenvalue weighted by atomic mass is 9.84. The molecule has 0 radical (unpaired) electrons. The SMILES string of the molecule is COC(=O)[C@](c1cc(C)c(O)c(C)c1)(N1CCN(c2ccccc2)CC1)C(F)(F)F. The van der Waals surface area contributed by atoms with Gasteiger partial charge in [0.1, 0.15) is 5.75 Å². The lowest BCUT2D eigenvalue weighted by Gasteiger charge is -2.47. The van der Waals surface area contributed by atoms with Gasteiger partial charge in [0.05, 0.1) is 7.11 Å². The number of hydrogen-bond donors (Lipinski definition) is 1. The number of carbonyl (C=O) groups is 1. The quantitative estimate of drug-likeness (QED) is 0.761. The van der Waals surface area contributed by atoms with Crippen molar-refractivity contribution >= 4 is 11.7 Å². The van der Waals surface area contributed by atoms with Gasteiger partial charge in [-0.05, 0) is 54.8 Å². The van der Waals surface area contributed by atoms with Crippen molar-refractivity contribution in [2.75, 3.05) is 38.2 Å². The van der Waals surface area contributed by atoms with Crippen LogP contribution in [0.15, 0.2) is 42.5 Å². The lowest BCUT2D eigenvalue weighted by Crippen LogP contribution is -2.65. The molecule has 1 saturated heterocycles. The highest BCUT2D eigenvalue weighted by atomic mass is 19.4. The molecule has 8 heteroatoms. The van der Waals surface area contributed by atoms with Gasteiger partial charge in [-0.1, -0.05) is 18.2 Å². The van der Waals surface area contributed by atoms with Crippen molar-refractivity contribution in [1.29, 1.82) is 0 Å². The Morgan fingerprint density at radius 1 is 1.00 bits per heavy atom. The predicted octanol–water partition coefficient (Wildman–Crippen LogP) is 3.76. The van der Waals surface area contributed by atoms with Gasteiger partial charge >= 0.3 is 12.1 Å². The minimum atomic E-state index is -4.93. The van der Waals surface area contributed by atoms with Crippen LogP contribution in [-0.2, 0) is 15.1 Å². The molecule has 1 fully saturated rings. The molecule has 1 heterocycles. The van der Waals surface area contributed by atoms with Crippen LogP contribution in [0.5, 0.6) is 5.75 Å². The first-order chi connectivity index (χ1) is 14.1. The van der Waals surface area contributed by atoms with Crippen LogP contribution >= 0.6 is 0 Å². The third-order valence-electron chi connectivity index (χ3n) is 5.68. The zero-order valence-corrected chi connectivity index (χ0v) is 17.2. The van der Waals surface area contributed by atoms with Gasteiger partial charge in [-0.15, -0.1) is 0 Å². The molecule has 0 aliphatic carbocycles. The molecule has 1 N–H and O–H groups in total. The fraction of sp³-hybridized carbons (Fsp3) is 0.409. The molecule has 1 aliphatic heterocycles. The number of hydrogen-bond acceptors (Lipinski definition) is 5.